The number of nitrogens with one attached hydrogen (secondary N) is 2. The maximum Gasteiger partial charge on any atom is 0.261 e. The van der Waals surface area contributed by atoms with Crippen molar-refractivity contribution in [1.29, 1.82) is 0 Å². The van der Waals surface area contributed by atoms with Crippen LogP contribution in [0.3, 0.4) is 0 Å². The molecule has 0 heterocycles. The highest BCUT2D eigenvalue weighted by molar-refractivity contribution is 7.80. The average molecular weight is 401 g/mol. The van der Waals surface area contributed by atoms with E-state index < -0.39 is 0 Å². The number of carbonyl (C=O) groups is 1. The highest BCUT2D eigenvalue weighted by atomic mass is 32.1. The number of amides is 1. The average Bonchev–Trinajstić information content (AvgIpc) is 2.69. The fraction of sp³-hybridized carbons (Fsp3) is 0.364. The molecule has 150 valence electrons. The molecule has 0 saturated carbocycles. The Morgan fingerprint density at radius 2 is 1.82 bits per heavy atom. The van der Waals surface area contributed by atoms with Crippen LogP contribution in [0.25, 0.3) is 0 Å². The number of hydrogen-bond donors (Lipinski definition) is 2. The second-order valence-electron chi connectivity index (χ2n) is 6.47. The topological polar surface area (TPSA) is 59.6 Å². The summed E-state index contributed by atoms with van der Waals surface area (Å²) in [5.74, 6) is 1.05. The highest BCUT2D eigenvalue weighted by Gasteiger charge is 2.13. The summed E-state index contributed by atoms with van der Waals surface area (Å²) in [6.07, 6.45) is 3.08. The van der Waals surface area contributed by atoms with Crippen molar-refractivity contribution in [2.45, 2.75) is 46.1 Å². The molecular weight excluding hydrogens is 372 g/mol. The smallest absolute Gasteiger partial charge is 0.261 e. The lowest BCUT2D eigenvalue weighted by Gasteiger charge is -2.14. The van der Waals surface area contributed by atoms with Crippen LogP contribution in [0.5, 0.6) is 11.5 Å². The van der Waals surface area contributed by atoms with Gasteiger partial charge in [-0.3, -0.25) is 10.1 Å². The Hall–Kier alpha value is -2.60. The van der Waals surface area contributed by atoms with E-state index in [0.29, 0.717) is 17.9 Å². The van der Waals surface area contributed by atoms with E-state index in [0.717, 1.165) is 30.7 Å². The summed E-state index contributed by atoms with van der Waals surface area (Å²) in [4.78, 5) is 12.6. The molecule has 0 radical (unpaired) electrons. The van der Waals surface area contributed by atoms with E-state index >= 15 is 0 Å². The van der Waals surface area contributed by atoms with Gasteiger partial charge in [0.1, 0.15) is 11.5 Å². The second-order valence-corrected chi connectivity index (χ2v) is 6.88. The van der Waals surface area contributed by atoms with Crippen molar-refractivity contribution >= 4 is 28.9 Å². The van der Waals surface area contributed by atoms with Gasteiger partial charge in [0.05, 0.1) is 18.3 Å². The van der Waals surface area contributed by atoms with Crippen molar-refractivity contribution in [2.75, 3.05) is 11.9 Å². The molecule has 0 bridgehead atoms. The molecule has 2 aromatic carbocycles. The standard InChI is InChI=1S/C22H28N2O3S/c1-4-6-15-26-20-10-8-7-9-19(20)21(25)24-22(28)23-17-11-13-18(14-12-17)27-16(3)5-2/h7-14,16H,4-6,15H2,1-3H3,(H2,23,24,25,28). The molecule has 28 heavy (non-hydrogen) atoms. The van der Waals surface area contributed by atoms with Crippen LogP contribution in [0.15, 0.2) is 48.5 Å². The Morgan fingerprint density at radius 3 is 2.50 bits per heavy atom. The number of benzene rings is 2. The molecule has 0 fully saturated rings. The first-order valence-corrected chi connectivity index (χ1v) is 10.0. The molecule has 0 aliphatic heterocycles. The highest BCUT2D eigenvalue weighted by Crippen LogP contribution is 2.19. The summed E-state index contributed by atoms with van der Waals surface area (Å²) in [6, 6.07) is 14.6. The summed E-state index contributed by atoms with van der Waals surface area (Å²) in [5.41, 5.74) is 1.23. The minimum absolute atomic E-state index is 0.166. The Balaban J connectivity index is 1.93. The first kappa shape index (κ1) is 21.7. The summed E-state index contributed by atoms with van der Waals surface area (Å²) in [7, 11) is 0. The number of hydrogen-bond acceptors (Lipinski definition) is 4. The lowest BCUT2D eigenvalue weighted by molar-refractivity contribution is 0.0973. The van der Waals surface area contributed by atoms with E-state index in [-0.39, 0.29) is 17.1 Å². The van der Waals surface area contributed by atoms with Crippen molar-refractivity contribution in [2.24, 2.45) is 0 Å². The lowest BCUT2D eigenvalue weighted by atomic mass is 10.2. The van der Waals surface area contributed by atoms with Crippen molar-refractivity contribution in [3.63, 3.8) is 0 Å². The molecule has 0 aromatic heterocycles. The van der Waals surface area contributed by atoms with E-state index in [1.165, 1.54) is 0 Å². The molecule has 2 aromatic rings. The van der Waals surface area contributed by atoms with Gasteiger partial charge in [-0.2, -0.15) is 0 Å². The predicted molar refractivity (Wildman–Crippen MR) is 117 cm³/mol. The molecule has 0 aliphatic carbocycles. The van der Waals surface area contributed by atoms with Gasteiger partial charge in [-0.15, -0.1) is 0 Å². The summed E-state index contributed by atoms with van der Waals surface area (Å²) < 4.78 is 11.5. The number of rotatable bonds is 9. The van der Waals surface area contributed by atoms with Gasteiger partial charge in [0.2, 0.25) is 0 Å². The zero-order valence-corrected chi connectivity index (χ0v) is 17.5. The fourth-order valence-electron chi connectivity index (χ4n) is 2.37. The fourth-order valence-corrected chi connectivity index (χ4v) is 2.58. The normalized spacial score (nSPS) is 11.4. The molecule has 2 N–H and O–H groups in total. The molecular formula is C22H28N2O3S. The molecule has 0 spiro atoms. The Labute approximate surface area is 172 Å². The van der Waals surface area contributed by atoms with Gasteiger partial charge in [-0.05, 0) is 68.4 Å². The van der Waals surface area contributed by atoms with Crippen LogP contribution in [-0.2, 0) is 0 Å². The summed E-state index contributed by atoms with van der Waals surface area (Å²) >= 11 is 5.27. The van der Waals surface area contributed by atoms with Gasteiger partial charge in [0, 0.05) is 5.69 Å². The van der Waals surface area contributed by atoms with Crippen LogP contribution in [0.4, 0.5) is 5.69 Å². The SMILES string of the molecule is CCCCOc1ccccc1C(=O)NC(=S)Nc1ccc(OC(C)CC)cc1. The quantitative estimate of drug-likeness (QED) is 0.449. The van der Waals surface area contributed by atoms with Crippen LogP contribution in [-0.4, -0.2) is 23.7 Å². The Bertz CT molecular complexity index is 778. The number of thiocarbonyl (C=S) groups is 1. The summed E-state index contributed by atoms with van der Waals surface area (Å²) in [5, 5.41) is 5.94. The van der Waals surface area contributed by atoms with E-state index in [9.17, 15) is 4.79 Å². The number of para-hydroxylation sites is 1. The molecule has 0 aliphatic rings. The Morgan fingerprint density at radius 1 is 1.11 bits per heavy atom. The van der Waals surface area contributed by atoms with Crippen LogP contribution < -0.4 is 20.1 Å². The van der Waals surface area contributed by atoms with Gasteiger partial charge in [0.15, 0.2) is 5.11 Å². The van der Waals surface area contributed by atoms with Gasteiger partial charge < -0.3 is 14.8 Å². The first-order chi connectivity index (χ1) is 13.5. The van der Waals surface area contributed by atoms with Gasteiger partial charge >= 0.3 is 0 Å². The molecule has 6 heteroatoms. The molecule has 1 atom stereocenters. The van der Waals surface area contributed by atoms with Crippen molar-refractivity contribution < 1.29 is 14.3 Å². The third kappa shape index (κ3) is 6.85. The molecule has 5 nitrogen and oxygen atoms in total. The second kappa shape index (κ2) is 11.3. The minimum Gasteiger partial charge on any atom is -0.493 e. The molecule has 0 saturated heterocycles. The molecule has 2 rings (SSSR count). The first-order valence-electron chi connectivity index (χ1n) is 9.64. The molecule has 1 amide bonds. The lowest BCUT2D eigenvalue weighted by Crippen LogP contribution is -2.34. The number of carbonyl (C=O) groups excluding carboxylic acids is 1. The van der Waals surface area contributed by atoms with Crippen LogP contribution >= 0.6 is 12.2 Å². The zero-order valence-electron chi connectivity index (χ0n) is 16.7. The minimum atomic E-state index is -0.304. The predicted octanol–water partition coefficient (Wildman–Crippen LogP) is 5.17. The van der Waals surface area contributed by atoms with Crippen molar-refractivity contribution in [3.8, 4) is 11.5 Å². The maximum absolute atomic E-state index is 12.6. The van der Waals surface area contributed by atoms with E-state index in [1.807, 2.05) is 37.3 Å². The van der Waals surface area contributed by atoms with E-state index in [1.54, 1.807) is 18.2 Å². The van der Waals surface area contributed by atoms with Crippen molar-refractivity contribution in [1.82, 2.24) is 5.32 Å². The zero-order chi connectivity index (χ0) is 20.4. The van der Waals surface area contributed by atoms with Crippen molar-refractivity contribution in [3.05, 3.63) is 54.1 Å². The van der Waals surface area contributed by atoms with Gasteiger partial charge in [-0.25, -0.2) is 0 Å². The number of ether oxygens (including phenoxy) is 2. The van der Waals surface area contributed by atoms with Crippen LogP contribution in [0.1, 0.15) is 50.4 Å². The van der Waals surface area contributed by atoms with E-state index in [4.69, 9.17) is 21.7 Å². The van der Waals surface area contributed by atoms with E-state index in [2.05, 4.69) is 24.5 Å². The maximum atomic E-state index is 12.6. The Kier molecular flexibility index (Phi) is 8.75. The molecule has 1 unspecified atom stereocenters. The third-order valence-electron chi connectivity index (χ3n) is 4.14. The van der Waals surface area contributed by atoms with Gasteiger partial charge in [-0.1, -0.05) is 32.4 Å². The monoisotopic (exact) mass is 400 g/mol. The van der Waals surface area contributed by atoms with Gasteiger partial charge in [0.25, 0.3) is 5.91 Å². The number of anilines is 1. The third-order valence-corrected chi connectivity index (χ3v) is 4.34. The number of unbranched alkanes of at least 4 members (excludes halogenated alkanes) is 1. The summed E-state index contributed by atoms with van der Waals surface area (Å²) in [6.45, 7) is 6.78. The van der Waals surface area contributed by atoms with Crippen LogP contribution in [0.2, 0.25) is 0 Å². The largest absolute Gasteiger partial charge is 0.493 e. The van der Waals surface area contributed by atoms with Crippen LogP contribution in [0, 0.1) is 0 Å².